The van der Waals surface area contributed by atoms with Crippen LogP contribution >= 0.6 is 0 Å². The van der Waals surface area contributed by atoms with E-state index in [1.165, 1.54) is 0 Å². The van der Waals surface area contributed by atoms with Crippen LogP contribution in [0.4, 0.5) is 5.95 Å². The number of fused-ring (bicyclic) bond motifs is 1. The summed E-state index contributed by atoms with van der Waals surface area (Å²) in [6.45, 7) is 1.90. The lowest BCUT2D eigenvalue weighted by molar-refractivity contribution is 0.762. The van der Waals surface area contributed by atoms with E-state index in [0.29, 0.717) is 11.5 Å². The minimum absolute atomic E-state index is 0.413. The second-order valence-corrected chi connectivity index (χ2v) is 4.35. The molecule has 0 fully saturated rings. The molecule has 0 aliphatic carbocycles. The molecule has 3 aromatic rings. The molecule has 0 unspecified atom stereocenters. The summed E-state index contributed by atoms with van der Waals surface area (Å²) in [6, 6.07) is 9.29. The predicted molar refractivity (Wildman–Crippen MR) is 71.7 cm³/mol. The maximum atomic E-state index is 8.82. The summed E-state index contributed by atoms with van der Waals surface area (Å²) < 4.78 is 3.59. The number of nitrogens with zero attached hydrogens (tertiary/aromatic N) is 5. The third kappa shape index (κ3) is 1.56. The van der Waals surface area contributed by atoms with E-state index in [2.05, 4.69) is 16.2 Å². The van der Waals surface area contributed by atoms with E-state index in [-0.39, 0.29) is 0 Å². The second-order valence-electron chi connectivity index (χ2n) is 4.35. The number of rotatable bonds is 1. The topological polar surface area (TPSA) is 85.5 Å². The Bertz CT molecular complexity index is 800. The zero-order valence-corrected chi connectivity index (χ0v) is 10.6. The zero-order chi connectivity index (χ0) is 13.6. The highest BCUT2D eigenvalue weighted by Gasteiger charge is 2.16. The number of benzene rings is 1. The normalized spacial score (nSPS) is 10.8. The first kappa shape index (κ1) is 11.3. The van der Waals surface area contributed by atoms with E-state index in [0.717, 1.165) is 22.5 Å². The van der Waals surface area contributed by atoms with Gasteiger partial charge in [0.15, 0.2) is 5.65 Å². The molecular weight excluding hydrogens is 240 g/mol. The number of nitriles is 1. The molecule has 0 amide bonds. The summed E-state index contributed by atoms with van der Waals surface area (Å²) in [5.74, 6) is 0.413. The van der Waals surface area contributed by atoms with Gasteiger partial charge in [-0.25, -0.2) is 9.67 Å². The van der Waals surface area contributed by atoms with Crippen molar-refractivity contribution in [3.8, 4) is 11.8 Å². The van der Waals surface area contributed by atoms with Gasteiger partial charge in [0.25, 0.3) is 0 Å². The molecule has 6 heteroatoms. The lowest BCUT2D eigenvalue weighted by Crippen LogP contribution is -2.04. The van der Waals surface area contributed by atoms with Gasteiger partial charge >= 0.3 is 0 Å². The average molecular weight is 252 g/mol. The van der Waals surface area contributed by atoms with Crippen LogP contribution in [0.15, 0.2) is 24.3 Å². The predicted octanol–water partition coefficient (Wildman–Crippen LogP) is 1.52. The van der Waals surface area contributed by atoms with Crippen molar-refractivity contribution in [3.63, 3.8) is 0 Å². The van der Waals surface area contributed by atoms with Gasteiger partial charge in [-0.3, -0.25) is 4.57 Å². The lowest BCUT2D eigenvalue weighted by Gasteiger charge is -2.06. The number of nitrogen functional groups attached to an aromatic ring is 1. The van der Waals surface area contributed by atoms with Crippen molar-refractivity contribution in [2.24, 2.45) is 7.05 Å². The molecule has 2 heterocycles. The number of aryl methyl sites for hydroxylation is 2. The fourth-order valence-electron chi connectivity index (χ4n) is 2.23. The lowest BCUT2D eigenvalue weighted by atomic mass is 10.2. The first-order chi connectivity index (χ1) is 9.11. The Morgan fingerprint density at radius 1 is 1.26 bits per heavy atom. The molecule has 1 aromatic carbocycles. The summed E-state index contributed by atoms with van der Waals surface area (Å²) in [4.78, 5) is 4.34. The van der Waals surface area contributed by atoms with Gasteiger partial charge in [-0.1, -0.05) is 0 Å². The summed E-state index contributed by atoms with van der Waals surface area (Å²) in [7, 11) is 1.86. The van der Waals surface area contributed by atoms with E-state index in [9.17, 15) is 0 Å². The van der Waals surface area contributed by atoms with Crippen molar-refractivity contribution in [3.05, 3.63) is 35.5 Å². The Morgan fingerprint density at radius 2 is 1.95 bits per heavy atom. The highest BCUT2D eigenvalue weighted by molar-refractivity contribution is 5.80. The van der Waals surface area contributed by atoms with E-state index < -0.39 is 0 Å². The molecule has 3 rings (SSSR count). The number of imidazole rings is 1. The van der Waals surface area contributed by atoms with E-state index in [4.69, 9.17) is 11.0 Å². The van der Waals surface area contributed by atoms with Crippen LogP contribution < -0.4 is 5.73 Å². The molecule has 0 bridgehead atoms. The third-order valence-electron chi connectivity index (χ3n) is 3.08. The number of hydrogen-bond donors (Lipinski definition) is 1. The minimum atomic E-state index is 0.413. The van der Waals surface area contributed by atoms with Crippen molar-refractivity contribution in [2.75, 3.05) is 5.73 Å². The first-order valence-electron chi connectivity index (χ1n) is 5.80. The molecule has 0 radical (unpaired) electrons. The Labute approximate surface area is 109 Å². The number of aromatic nitrogens is 4. The van der Waals surface area contributed by atoms with E-state index in [1.807, 2.05) is 30.7 Å². The fraction of sp³-hybridized carbons (Fsp3) is 0.154. The maximum absolute atomic E-state index is 8.82. The van der Waals surface area contributed by atoms with E-state index >= 15 is 0 Å². The highest BCUT2D eigenvalue weighted by atomic mass is 15.3. The monoisotopic (exact) mass is 252 g/mol. The quantitative estimate of drug-likeness (QED) is 0.711. The SMILES string of the molecule is Cc1nn(C)c2c1nc(N)n2-c1ccc(C#N)cc1. The van der Waals surface area contributed by atoms with Gasteiger partial charge in [0.2, 0.25) is 5.95 Å². The molecule has 0 saturated carbocycles. The number of nitrogens with two attached hydrogens (primary N) is 1. The minimum Gasteiger partial charge on any atom is -0.369 e. The van der Waals surface area contributed by atoms with Crippen LogP contribution in [0.2, 0.25) is 0 Å². The van der Waals surface area contributed by atoms with Gasteiger partial charge in [-0.15, -0.1) is 0 Å². The molecule has 0 atom stereocenters. The van der Waals surface area contributed by atoms with Crippen molar-refractivity contribution in [1.29, 1.82) is 5.26 Å². The van der Waals surface area contributed by atoms with Crippen LogP contribution in [-0.4, -0.2) is 19.3 Å². The number of hydrogen-bond acceptors (Lipinski definition) is 4. The van der Waals surface area contributed by atoms with Gasteiger partial charge in [0, 0.05) is 7.05 Å². The molecule has 2 aromatic heterocycles. The molecule has 94 valence electrons. The summed E-state index contributed by atoms with van der Waals surface area (Å²) in [5.41, 5.74) is 9.94. The Morgan fingerprint density at radius 3 is 2.58 bits per heavy atom. The summed E-state index contributed by atoms with van der Waals surface area (Å²) in [5, 5.41) is 13.2. The summed E-state index contributed by atoms with van der Waals surface area (Å²) >= 11 is 0. The van der Waals surface area contributed by atoms with Crippen LogP contribution in [0.25, 0.3) is 16.9 Å². The van der Waals surface area contributed by atoms with Gasteiger partial charge in [0.05, 0.1) is 23.0 Å². The molecule has 6 nitrogen and oxygen atoms in total. The Kier molecular flexibility index (Phi) is 2.29. The number of anilines is 1. The third-order valence-corrected chi connectivity index (χ3v) is 3.08. The van der Waals surface area contributed by atoms with Gasteiger partial charge in [-0.2, -0.15) is 10.4 Å². The average Bonchev–Trinajstić information content (AvgIpc) is 2.88. The van der Waals surface area contributed by atoms with Crippen molar-refractivity contribution < 1.29 is 0 Å². The zero-order valence-electron chi connectivity index (χ0n) is 10.6. The molecule has 0 spiro atoms. The van der Waals surface area contributed by atoms with Crippen LogP contribution in [-0.2, 0) is 7.05 Å². The van der Waals surface area contributed by atoms with Crippen LogP contribution in [0.3, 0.4) is 0 Å². The van der Waals surface area contributed by atoms with E-state index in [1.54, 1.807) is 16.8 Å². The van der Waals surface area contributed by atoms with Crippen LogP contribution in [0.5, 0.6) is 0 Å². The fourth-order valence-corrected chi connectivity index (χ4v) is 2.23. The molecule has 19 heavy (non-hydrogen) atoms. The Hall–Kier alpha value is -2.81. The standard InChI is InChI=1S/C13H12N6/c1-8-11-12(18(2)17-8)19(13(15)16-11)10-5-3-9(7-14)4-6-10/h3-6H,1-2H3,(H2,15,16). The molecular formula is C13H12N6. The van der Waals surface area contributed by atoms with Crippen molar-refractivity contribution >= 4 is 17.1 Å². The van der Waals surface area contributed by atoms with Gasteiger partial charge in [-0.05, 0) is 31.2 Å². The second kappa shape index (κ2) is 3.85. The highest BCUT2D eigenvalue weighted by Crippen LogP contribution is 2.24. The van der Waals surface area contributed by atoms with Gasteiger partial charge in [0.1, 0.15) is 5.52 Å². The molecule has 0 saturated heterocycles. The Balaban J connectivity index is 2.29. The molecule has 2 N–H and O–H groups in total. The van der Waals surface area contributed by atoms with Crippen molar-refractivity contribution in [1.82, 2.24) is 19.3 Å². The smallest absolute Gasteiger partial charge is 0.207 e. The van der Waals surface area contributed by atoms with Crippen LogP contribution in [0, 0.1) is 18.3 Å². The molecule has 0 aliphatic rings. The van der Waals surface area contributed by atoms with Crippen molar-refractivity contribution in [2.45, 2.75) is 6.92 Å². The molecule has 0 aliphatic heterocycles. The van der Waals surface area contributed by atoms with Crippen LogP contribution in [0.1, 0.15) is 11.3 Å². The maximum Gasteiger partial charge on any atom is 0.207 e. The summed E-state index contributed by atoms with van der Waals surface area (Å²) in [6.07, 6.45) is 0. The largest absolute Gasteiger partial charge is 0.369 e. The van der Waals surface area contributed by atoms with Gasteiger partial charge < -0.3 is 5.73 Å². The first-order valence-corrected chi connectivity index (χ1v) is 5.80.